The van der Waals surface area contributed by atoms with Crippen LogP contribution >= 0.6 is 22.6 Å². The maximum Gasteiger partial charge on any atom is 0.235 e. The average molecular weight is 302 g/mol. The molecule has 0 aromatic carbocycles. The molecule has 6 heteroatoms. The van der Waals surface area contributed by atoms with E-state index >= 15 is 0 Å². The third kappa shape index (κ3) is 1.84. The molecule has 0 amide bonds. The quantitative estimate of drug-likeness (QED) is 0.784. The number of hydrogen-bond acceptors (Lipinski definition) is 4. The Bertz CT molecular complexity index is 442. The fraction of sp³-hybridized carbons (Fsp3) is 0.125. The van der Waals surface area contributed by atoms with Gasteiger partial charge < -0.3 is 4.74 Å². The third-order valence-corrected chi connectivity index (χ3v) is 2.22. The number of ether oxygens (including phenoxy) is 1. The molecule has 14 heavy (non-hydrogen) atoms. The minimum atomic E-state index is 0.480. The van der Waals surface area contributed by atoms with Gasteiger partial charge >= 0.3 is 0 Å². The molecular formula is C8H7IN4O. The van der Waals surface area contributed by atoms with E-state index in [-0.39, 0.29) is 0 Å². The highest BCUT2D eigenvalue weighted by molar-refractivity contribution is 14.1. The lowest BCUT2D eigenvalue weighted by molar-refractivity contribution is 0.391. The number of halogens is 1. The van der Waals surface area contributed by atoms with E-state index in [1.54, 1.807) is 24.1 Å². The van der Waals surface area contributed by atoms with Crippen molar-refractivity contribution in [1.29, 1.82) is 0 Å². The van der Waals surface area contributed by atoms with Crippen LogP contribution in [0.2, 0.25) is 0 Å². The Balaban J connectivity index is 2.41. The summed E-state index contributed by atoms with van der Waals surface area (Å²) in [5.41, 5.74) is 0.833. The topological polar surface area (TPSA) is 52.8 Å². The van der Waals surface area contributed by atoms with Gasteiger partial charge in [-0.2, -0.15) is 10.2 Å². The van der Waals surface area contributed by atoms with Crippen molar-refractivity contribution in [3.8, 4) is 11.6 Å². The minimum Gasteiger partial charge on any atom is -0.480 e. The average Bonchev–Trinajstić information content (AvgIpc) is 2.65. The Kier molecular flexibility index (Phi) is 2.62. The van der Waals surface area contributed by atoms with E-state index in [0.29, 0.717) is 5.88 Å². The van der Waals surface area contributed by atoms with Gasteiger partial charge in [-0.25, -0.2) is 4.68 Å². The molecule has 5 nitrogen and oxygen atoms in total. The lowest BCUT2D eigenvalue weighted by atomic mass is 10.5. The fourth-order valence-electron chi connectivity index (χ4n) is 1.01. The molecule has 0 aliphatic rings. The zero-order chi connectivity index (χ0) is 9.97. The van der Waals surface area contributed by atoms with Gasteiger partial charge in [0, 0.05) is 12.3 Å². The molecule has 0 fully saturated rings. The van der Waals surface area contributed by atoms with E-state index < -0.39 is 0 Å². The summed E-state index contributed by atoms with van der Waals surface area (Å²) in [6, 6.07) is 3.68. The molecule has 0 saturated heterocycles. The maximum atomic E-state index is 4.97. The van der Waals surface area contributed by atoms with Crippen LogP contribution in [0.1, 0.15) is 0 Å². The summed E-state index contributed by atoms with van der Waals surface area (Å²) in [6.45, 7) is 0. The highest BCUT2D eigenvalue weighted by Crippen LogP contribution is 2.11. The maximum absolute atomic E-state index is 4.97. The minimum absolute atomic E-state index is 0.480. The van der Waals surface area contributed by atoms with E-state index in [1.165, 1.54) is 0 Å². The van der Waals surface area contributed by atoms with Crippen LogP contribution < -0.4 is 4.74 Å². The molecule has 0 unspecified atom stereocenters. The largest absolute Gasteiger partial charge is 0.480 e. The molecule has 0 aliphatic carbocycles. The van der Waals surface area contributed by atoms with Crippen LogP contribution in [0, 0.1) is 3.70 Å². The second kappa shape index (κ2) is 3.91. The molecule has 2 aromatic heterocycles. The van der Waals surface area contributed by atoms with E-state index in [4.69, 9.17) is 4.74 Å². The van der Waals surface area contributed by atoms with E-state index in [1.807, 2.05) is 12.3 Å². The van der Waals surface area contributed by atoms with Crippen molar-refractivity contribution in [2.24, 2.45) is 0 Å². The van der Waals surface area contributed by atoms with Crippen LogP contribution in [0.25, 0.3) is 5.69 Å². The first-order valence-corrected chi connectivity index (χ1v) is 4.96. The molecule has 0 radical (unpaired) electrons. The van der Waals surface area contributed by atoms with Gasteiger partial charge in [0.2, 0.25) is 5.88 Å². The molecule has 2 heterocycles. The summed E-state index contributed by atoms with van der Waals surface area (Å²) in [5, 5.41) is 11.8. The summed E-state index contributed by atoms with van der Waals surface area (Å²) in [6.07, 6.45) is 3.49. The molecule has 0 bridgehead atoms. The lowest BCUT2D eigenvalue weighted by Gasteiger charge is -2.01. The van der Waals surface area contributed by atoms with Crippen molar-refractivity contribution in [2.75, 3.05) is 7.11 Å². The number of nitrogens with zero attached hydrogens (tertiary/aromatic N) is 4. The van der Waals surface area contributed by atoms with Gasteiger partial charge in [-0.05, 0) is 28.7 Å². The monoisotopic (exact) mass is 302 g/mol. The summed E-state index contributed by atoms with van der Waals surface area (Å²) >= 11 is 2.15. The SMILES string of the molecule is COc1cc(-n2ccc(I)n2)cnn1. The van der Waals surface area contributed by atoms with Crippen LogP contribution in [0.4, 0.5) is 0 Å². The molecule has 0 aliphatic heterocycles. The smallest absolute Gasteiger partial charge is 0.235 e. The van der Waals surface area contributed by atoms with Gasteiger partial charge in [0.25, 0.3) is 0 Å². The Labute approximate surface area is 94.2 Å². The van der Waals surface area contributed by atoms with Crippen LogP contribution in [0.5, 0.6) is 5.88 Å². The van der Waals surface area contributed by atoms with Crippen LogP contribution in [0.15, 0.2) is 24.5 Å². The number of methoxy groups -OCH3 is 1. The number of aromatic nitrogens is 4. The molecule has 2 rings (SSSR count). The summed E-state index contributed by atoms with van der Waals surface area (Å²) < 4.78 is 7.62. The lowest BCUT2D eigenvalue weighted by Crippen LogP contribution is -1.98. The van der Waals surface area contributed by atoms with Crippen LogP contribution in [-0.4, -0.2) is 27.1 Å². The first-order valence-electron chi connectivity index (χ1n) is 3.88. The Morgan fingerprint density at radius 3 is 3.00 bits per heavy atom. The zero-order valence-corrected chi connectivity index (χ0v) is 9.54. The van der Waals surface area contributed by atoms with Gasteiger partial charge in [-0.3, -0.25) is 0 Å². The second-order valence-electron chi connectivity index (χ2n) is 2.54. The highest BCUT2D eigenvalue weighted by atomic mass is 127. The molecule has 72 valence electrons. The fourth-order valence-corrected chi connectivity index (χ4v) is 1.40. The predicted octanol–water partition coefficient (Wildman–Crippen LogP) is 1.28. The standard InChI is InChI=1S/C8H7IN4O/c1-14-8-4-6(5-10-11-8)13-3-2-7(9)12-13/h2-5H,1H3. The Morgan fingerprint density at radius 2 is 2.36 bits per heavy atom. The van der Waals surface area contributed by atoms with Crippen molar-refractivity contribution < 1.29 is 4.74 Å². The van der Waals surface area contributed by atoms with Gasteiger partial charge in [-0.1, -0.05) is 0 Å². The van der Waals surface area contributed by atoms with Gasteiger partial charge in [-0.15, -0.1) is 5.10 Å². The van der Waals surface area contributed by atoms with Crippen molar-refractivity contribution in [3.63, 3.8) is 0 Å². The highest BCUT2D eigenvalue weighted by Gasteiger charge is 2.01. The first-order chi connectivity index (χ1) is 6.79. The van der Waals surface area contributed by atoms with Crippen molar-refractivity contribution in [3.05, 3.63) is 28.2 Å². The number of hydrogen-bond donors (Lipinski definition) is 0. The van der Waals surface area contributed by atoms with Crippen LogP contribution in [-0.2, 0) is 0 Å². The van der Waals surface area contributed by atoms with Gasteiger partial charge in [0.05, 0.1) is 19.0 Å². The van der Waals surface area contributed by atoms with E-state index in [0.717, 1.165) is 9.39 Å². The van der Waals surface area contributed by atoms with E-state index in [2.05, 4.69) is 37.9 Å². The molecule has 0 atom stereocenters. The number of rotatable bonds is 2. The van der Waals surface area contributed by atoms with Crippen molar-refractivity contribution in [2.45, 2.75) is 0 Å². The Morgan fingerprint density at radius 1 is 1.50 bits per heavy atom. The summed E-state index contributed by atoms with van der Waals surface area (Å²) in [5.74, 6) is 0.480. The zero-order valence-electron chi connectivity index (χ0n) is 7.38. The first kappa shape index (κ1) is 9.38. The third-order valence-electron chi connectivity index (χ3n) is 1.65. The molecule has 0 spiro atoms. The summed E-state index contributed by atoms with van der Waals surface area (Å²) in [7, 11) is 1.56. The van der Waals surface area contributed by atoms with Crippen LogP contribution in [0.3, 0.4) is 0 Å². The normalized spacial score (nSPS) is 10.1. The Hall–Kier alpha value is -1.18. The van der Waals surface area contributed by atoms with E-state index in [9.17, 15) is 0 Å². The predicted molar refractivity (Wildman–Crippen MR) is 58.4 cm³/mol. The second-order valence-corrected chi connectivity index (χ2v) is 3.64. The van der Waals surface area contributed by atoms with Crippen molar-refractivity contribution in [1.82, 2.24) is 20.0 Å². The molecule has 0 N–H and O–H groups in total. The summed E-state index contributed by atoms with van der Waals surface area (Å²) in [4.78, 5) is 0. The molecule has 2 aromatic rings. The molecular weight excluding hydrogens is 295 g/mol. The van der Waals surface area contributed by atoms with Gasteiger partial charge in [0.15, 0.2) is 0 Å². The van der Waals surface area contributed by atoms with Crippen molar-refractivity contribution >= 4 is 22.6 Å². The molecule has 0 saturated carbocycles. The van der Waals surface area contributed by atoms with Gasteiger partial charge in [0.1, 0.15) is 3.70 Å².